The van der Waals surface area contributed by atoms with Crippen LogP contribution in [0.4, 0.5) is 0 Å². The SMILES string of the molecule is C.CNN.NCCNC(=O)c1ccc(C#Cc2ccc(-c3cc(C=O)c4cnccc4n3)cc2)cc1. The zero-order chi connectivity index (χ0) is 25.0. The van der Waals surface area contributed by atoms with E-state index in [1.165, 1.54) is 0 Å². The summed E-state index contributed by atoms with van der Waals surface area (Å²) in [6.45, 7) is 0.847. The second-order valence-corrected chi connectivity index (χ2v) is 7.35. The number of carbonyl (C=O) groups excluding carboxylic acids is 2. The van der Waals surface area contributed by atoms with E-state index < -0.39 is 0 Å². The Morgan fingerprint density at radius 3 is 2.22 bits per heavy atom. The van der Waals surface area contributed by atoms with Crippen LogP contribution in [0.15, 0.2) is 73.1 Å². The Morgan fingerprint density at radius 1 is 1.03 bits per heavy atom. The number of rotatable bonds is 5. The lowest BCUT2D eigenvalue weighted by Crippen LogP contribution is -2.28. The van der Waals surface area contributed by atoms with Crippen molar-refractivity contribution in [2.45, 2.75) is 7.43 Å². The van der Waals surface area contributed by atoms with Crippen LogP contribution in [0.5, 0.6) is 0 Å². The van der Waals surface area contributed by atoms with Crippen LogP contribution < -0.4 is 22.3 Å². The minimum atomic E-state index is -0.151. The summed E-state index contributed by atoms with van der Waals surface area (Å²) in [6, 6.07) is 18.3. The van der Waals surface area contributed by atoms with Gasteiger partial charge in [-0.1, -0.05) is 31.4 Å². The quantitative estimate of drug-likeness (QED) is 0.149. The first-order valence-electron chi connectivity index (χ1n) is 10.9. The maximum atomic E-state index is 11.9. The molecular formula is C28H30N6O2. The van der Waals surface area contributed by atoms with E-state index in [0.717, 1.165) is 33.9 Å². The van der Waals surface area contributed by atoms with Crippen LogP contribution in [0, 0.1) is 11.8 Å². The predicted molar refractivity (Wildman–Crippen MR) is 144 cm³/mol. The topological polar surface area (TPSA) is 136 Å². The smallest absolute Gasteiger partial charge is 0.251 e. The molecule has 36 heavy (non-hydrogen) atoms. The summed E-state index contributed by atoms with van der Waals surface area (Å²) in [5, 5.41) is 3.47. The molecule has 0 aliphatic heterocycles. The molecule has 4 rings (SSSR count). The van der Waals surface area contributed by atoms with Crippen molar-refractivity contribution in [1.29, 1.82) is 0 Å². The third-order valence-corrected chi connectivity index (χ3v) is 4.88. The van der Waals surface area contributed by atoms with Crippen molar-refractivity contribution in [3.63, 3.8) is 0 Å². The summed E-state index contributed by atoms with van der Waals surface area (Å²) in [6.07, 6.45) is 4.13. The number of benzene rings is 2. The standard InChI is InChI=1S/C26H20N4O2.CH6N2.CH4/c27-12-14-29-26(32)21-9-5-19(6-10-21)2-1-18-3-7-20(8-4-18)25-15-22(17-31)23-16-28-13-11-24(23)30-25;1-3-2;/h3-11,13,15-17H,12,14,27H2,(H,29,32);3H,2H2,1H3;1H4. The predicted octanol–water partition coefficient (Wildman–Crippen LogP) is 2.91. The number of fused-ring (bicyclic) bond motifs is 1. The van der Waals surface area contributed by atoms with Gasteiger partial charge in [-0.15, -0.1) is 0 Å². The second-order valence-electron chi connectivity index (χ2n) is 7.35. The Morgan fingerprint density at radius 2 is 1.64 bits per heavy atom. The molecule has 0 unspecified atom stereocenters. The summed E-state index contributed by atoms with van der Waals surface area (Å²) in [4.78, 5) is 32.1. The third-order valence-electron chi connectivity index (χ3n) is 4.88. The summed E-state index contributed by atoms with van der Waals surface area (Å²) < 4.78 is 0. The van der Waals surface area contributed by atoms with E-state index in [9.17, 15) is 9.59 Å². The minimum Gasteiger partial charge on any atom is -0.351 e. The van der Waals surface area contributed by atoms with Gasteiger partial charge in [-0.05, 0) is 55.6 Å². The average Bonchev–Trinajstić information content (AvgIpc) is 2.91. The van der Waals surface area contributed by atoms with Crippen molar-refractivity contribution in [2.75, 3.05) is 20.1 Å². The third kappa shape index (κ3) is 7.29. The number of nitrogens with one attached hydrogen (secondary N) is 2. The first-order valence-corrected chi connectivity index (χ1v) is 10.9. The van der Waals surface area contributed by atoms with Crippen molar-refractivity contribution in [2.24, 2.45) is 11.6 Å². The molecule has 4 aromatic rings. The van der Waals surface area contributed by atoms with Crippen molar-refractivity contribution in [3.8, 4) is 23.1 Å². The lowest BCUT2D eigenvalue weighted by molar-refractivity contribution is 0.0954. The molecule has 2 aromatic carbocycles. The minimum absolute atomic E-state index is 0. The molecule has 0 fully saturated rings. The highest BCUT2D eigenvalue weighted by Crippen LogP contribution is 2.23. The highest BCUT2D eigenvalue weighted by atomic mass is 16.1. The molecular weight excluding hydrogens is 452 g/mol. The normalized spacial score (nSPS) is 9.64. The monoisotopic (exact) mass is 482 g/mol. The van der Waals surface area contributed by atoms with Crippen molar-refractivity contribution in [1.82, 2.24) is 20.7 Å². The highest BCUT2D eigenvalue weighted by molar-refractivity contribution is 5.97. The van der Waals surface area contributed by atoms with Gasteiger partial charge in [0.2, 0.25) is 0 Å². The number of aromatic nitrogens is 2. The molecule has 2 heterocycles. The van der Waals surface area contributed by atoms with Crippen LogP contribution in [0.3, 0.4) is 0 Å². The lowest BCUT2D eigenvalue weighted by Gasteiger charge is -2.06. The van der Waals surface area contributed by atoms with Crippen LogP contribution >= 0.6 is 0 Å². The van der Waals surface area contributed by atoms with Crippen LogP contribution in [0.25, 0.3) is 22.2 Å². The Hall–Kier alpha value is -4.42. The summed E-state index contributed by atoms with van der Waals surface area (Å²) in [5.41, 5.74) is 12.8. The number of aldehydes is 1. The number of pyridine rings is 2. The van der Waals surface area contributed by atoms with Crippen LogP contribution in [0.1, 0.15) is 39.3 Å². The number of nitrogens with zero attached hydrogens (tertiary/aromatic N) is 2. The second kappa shape index (κ2) is 14.1. The van der Waals surface area contributed by atoms with E-state index >= 15 is 0 Å². The molecule has 1 amide bonds. The molecule has 0 spiro atoms. The van der Waals surface area contributed by atoms with E-state index in [4.69, 9.17) is 5.73 Å². The van der Waals surface area contributed by atoms with E-state index in [1.807, 2.05) is 36.4 Å². The van der Waals surface area contributed by atoms with Crippen LogP contribution in [-0.4, -0.2) is 42.3 Å². The highest BCUT2D eigenvalue weighted by Gasteiger charge is 2.07. The molecule has 2 aromatic heterocycles. The van der Waals surface area contributed by atoms with Crippen molar-refractivity contribution < 1.29 is 9.59 Å². The first-order chi connectivity index (χ1) is 17.1. The average molecular weight is 483 g/mol. The number of hydrogen-bond acceptors (Lipinski definition) is 7. The molecule has 0 atom stereocenters. The molecule has 0 aliphatic rings. The van der Waals surface area contributed by atoms with E-state index in [-0.39, 0.29) is 13.3 Å². The van der Waals surface area contributed by atoms with Gasteiger partial charge in [0.25, 0.3) is 5.91 Å². The van der Waals surface area contributed by atoms with Gasteiger partial charge in [0, 0.05) is 58.7 Å². The molecule has 8 heteroatoms. The fraction of sp³-hybridized carbons (Fsp3) is 0.143. The van der Waals surface area contributed by atoms with Crippen LogP contribution in [0.2, 0.25) is 0 Å². The van der Waals surface area contributed by atoms with Gasteiger partial charge < -0.3 is 11.1 Å². The van der Waals surface area contributed by atoms with Gasteiger partial charge >= 0.3 is 0 Å². The first kappa shape index (κ1) is 27.8. The summed E-state index contributed by atoms with van der Waals surface area (Å²) in [5.74, 6) is 10.7. The Kier molecular flexibility index (Phi) is 10.9. The molecule has 8 nitrogen and oxygen atoms in total. The Bertz CT molecular complexity index is 1360. The number of hydrazine groups is 1. The molecule has 0 radical (unpaired) electrons. The molecule has 0 saturated heterocycles. The molecule has 0 bridgehead atoms. The summed E-state index contributed by atoms with van der Waals surface area (Å²) in [7, 11) is 1.65. The summed E-state index contributed by atoms with van der Waals surface area (Å²) >= 11 is 0. The van der Waals surface area contributed by atoms with Crippen molar-refractivity contribution >= 4 is 23.1 Å². The van der Waals surface area contributed by atoms with Gasteiger partial charge in [-0.3, -0.25) is 25.8 Å². The molecule has 0 aliphatic carbocycles. The largest absolute Gasteiger partial charge is 0.351 e. The fourth-order valence-corrected chi connectivity index (χ4v) is 3.20. The van der Waals surface area contributed by atoms with Gasteiger partial charge in [-0.2, -0.15) is 0 Å². The van der Waals surface area contributed by atoms with Gasteiger partial charge in [0.1, 0.15) is 0 Å². The van der Waals surface area contributed by atoms with Gasteiger partial charge in [0.05, 0.1) is 11.2 Å². The maximum Gasteiger partial charge on any atom is 0.251 e. The molecule has 0 saturated carbocycles. The van der Waals surface area contributed by atoms with Gasteiger partial charge in [0.15, 0.2) is 6.29 Å². The number of carbonyl (C=O) groups is 2. The van der Waals surface area contributed by atoms with E-state index in [2.05, 4.69) is 38.4 Å². The zero-order valence-corrected chi connectivity index (χ0v) is 19.3. The maximum absolute atomic E-state index is 11.9. The van der Waals surface area contributed by atoms with E-state index in [1.54, 1.807) is 43.7 Å². The number of amides is 1. The Labute approximate surface area is 211 Å². The fourth-order valence-electron chi connectivity index (χ4n) is 3.20. The van der Waals surface area contributed by atoms with Crippen molar-refractivity contribution in [3.05, 3.63) is 95.3 Å². The lowest BCUT2D eigenvalue weighted by atomic mass is 10.0. The molecule has 6 N–H and O–H groups in total. The number of hydrogen-bond donors (Lipinski definition) is 4. The molecule has 184 valence electrons. The zero-order valence-electron chi connectivity index (χ0n) is 19.3. The van der Waals surface area contributed by atoms with Gasteiger partial charge in [-0.25, -0.2) is 4.98 Å². The number of nitrogens with two attached hydrogens (primary N) is 2. The van der Waals surface area contributed by atoms with E-state index in [0.29, 0.717) is 29.9 Å². The Balaban J connectivity index is 0.00000109. The van der Waals surface area contributed by atoms with Crippen LogP contribution in [-0.2, 0) is 0 Å².